The van der Waals surface area contributed by atoms with Crippen LogP contribution >= 0.6 is 0 Å². The maximum absolute atomic E-state index is 11.1. The number of phenolic OH excluding ortho intramolecular Hbond substituents is 1. The van der Waals surface area contributed by atoms with E-state index in [1.54, 1.807) is 6.07 Å². The summed E-state index contributed by atoms with van der Waals surface area (Å²) in [6.45, 7) is 9.50. The van der Waals surface area contributed by atoms with Gasteiger partial charge in [0.2, 0.25) is 0 Å². The van der Waals surface area contributed by atoms with Crippen LogP contribution < -0.4 is 4.74 Å². The first kappa shape index (κ1) is 16.1. The van der Waals surface area contributed by atoms with Crippen LogP contribution in [-0.2, 0) is 10.2 Å². The quantitative estimate of drug-likeness (QED) is 0.680. The second-order valence-electron chi connectivity index (χ2n) is 6.20. The third kappa shape index (κ3) is 3.14. The molecule has 0 saturated carbocycles. The molecule has 0 amide bonds. The summed E-state index contributed by atoms with van der Waals surface area (Å²) in [7, 11) is 0. The van der Waals surface area contributed by atoms with Crippen molar-refractivity contribution in [1.82, 2.24) is 0 Å². The molecule has 3 nitrogen and oxygen atoms in total. The molecule has 0 aliphatic heterocycles. The molecule has 0 heterocycles. The van der Waals surface area contributed by atoms with E-state index in [9.17, 15) is 9.90 Å². The summed E-state index contributed by atoms with van der Waals surface area (Å²) in [4.78, 5) is 11.1. The van der Waals surface area contributed by atoms with Crippen LogP contribution in [0.1, 0.15) is 43.0 Å². The van der Waals surface area contributed by atoms with E-state index < -0.39 is 0 Å². The van der Waals surface area contributed by atoms with E-state index in [-0.39, 0.29) is 11.4 Å². The lowest BCUT2D eigenvalue weighted by molar-refractivity contribution is -0.131. The lowest BCUT2D eigenvalue weighted by Gasteiger charge is -2.27. The molecule has 2 aromatic carbocycles. The van der Waals surface area contributed by atoms with E-state index in [1.165, 1.54) is 6.92 Å². The molecule has 2 aromatic rings. The van der Waals surface area contributed by atoms with Crippen molar-refractivity contribution in [3.8, 4) is 11.5 Å². The standard InChI is InChI=1S/C19H22O3/c1-12-10-15(6-8-17(12)21)19(4,5)16-7-9-18(13(2)11-16)22-14(3)20/h6-11,21H,1-5H3. The number of hydrogen-bond donors (Lipinski definition) is 1. The Kier molecular flexibility index (Phi) is 4.27. The Morgan fingerprint density at radius 3 is 2.05 bits per heavy atom. The number of aromatic hydroxyl groups is 1. The van der Waals surface area contributed by atoms with E-state index in [1.807, 2.05) is 44.2 Å². The maximum Gasteiger partial charge on any atom is 0.308 e. The largest absolute Gasteiger partial charge is 0.508 e. The summed E-state index contributed by atoms with van der Waals surface area (Å²) in [6, 6.07) is 11.5. The average molecular weight is 298 g/mol. The summed E-state index contributed by atoms with van der Waals surface area (Å²) < 4.78 is 5.18. The molecule has 0 atom stereocenters. The number of hydrogen-bond acceptors (Lipinski definition) is 3. The number of aryl methyl sites for hydroxylation is 2. The van der Waals surface area contributed by atoms with Gasteiger partial charge in [0.15, 0.2) is 0 Å². The molecule has 0 fully saturated rings. The van der Waals surface area contributed by atoms with Crippen molar-refractivity contribution >= 4 is 5.97 Å². The summed E-state index contributed by atoms with van der Waals surface area (Å²) in [6.07, 6.45) is 0. The van der Waals surface area contributed by atoms with Crippen molar-refractivity contribution < 1.29 is 14.6 Å². The number of benzene rings is 2. The number of ether oxygens (including phenoxy) is 1. The molecule has 0 bridgehead atoms. The number of phenols is 1. The van der Waals surface area contributed by atoms with Gasteiger partial charge < -0.3 is 9.84 Å². The van der Waals surface area contributed by atoms with Crippen LogP contribution in [0.5, 0.6) is 11.5 Å². The predicted octanol–water partition coefficient (Wildman–Crippen LogP) is 4.26. The maximum atomic E-state index is 11.1. The number of rotatable bonds is 3. The fourth-order valence-electron chi connectivity index (χ4n) is 2.52. The first-order valence-corrected chi connectivity index (χ1v) is 7.31. The van der Waals surface area contributed by atoms with E-state index in [0.717, 1.165) is 22.3 Å². The van der Waals surface area contributed by atoms with Crippen LogP contribution in [-0.4, -0.2) is 11.1 Å². The summed E-state index contributed by atoms with van der Waals surface area (Å²) >= 11 is 0. The highest BCUT2D eigenvalue weighted by Gasteiger charge is 2.24. The zero-order valence-corrected chi connectivity index (χ0v) is 13.7. The smallest absolute Gasteiger partial charge is 0.308 e. The van der Waals surface area contributed by atoms with Crippen molar-refractivity contribution in [2.24, 2.45) is 0 Å². The highest BCUT2D eigenvalue weighted by Crippen LogP contribution is 2.35. The van der Waals surface area contributed by atoms with Crippen LogP contribution in [0.15, 0.2) is 36.4 Å². The molecule has 116 valence electrons. The van der Waals surface area contributed by atoms with Crippen molar-refractivity contribution in [3.05, 3.63) is 58.7 Å². The van der Waals surface area contributed by atoms with Gasteiger partial charge in [-0.05, 0) is 48.2 Å². The molecule has 1 N–H and O–H groups in total. The molecular formula is C19H22O3. The Bertz CT molecular complexity index is 715. The number of carbonyl (C=O) groups is 1. The van der Waals surface area contributed by atoms with E-state index >= 15 is 0 Å². The Morgan fingerprint density at radius 2 is 1.55 bits per heavy atom. The lowest BCUT2D eigenvalue weighted by Crippen LogP contribution is -2.19. The minimum absolute atomic E-state index is 0.210. The molecule has 2 rings (SSSR count). The fourth-order valence-corrected chi connectivity index (χ4v) is 2.52. The molecule has 0 aliphatic carbocycles. The number of carbonyl (C=O) groups excluding carboxylic acids is 1. The topological polar surface area (TPSA) is 46.5 Å². The minimum Gasteiger partial charge on any atom is -0.508 e. The Hall–Kier alpha value is -2.29. The lowest BCUT2D eigenvalue weighted by atomic mass is 9.77. The third-order valence-electron chi connectivity index (χ3n) is 4.07. The van der Waals surface area contributed by atoms with Crippen molar-refractivity contribution in [3.63, 3.8) is 0 Å². The van der Waals surface area contributed by atoms with Gasteiger partial charge in [-0.2, -0.15) is 0 Å². The highest BCUT2D eigenvalue weighted by atomic mass is 16.5. The molecule has 3 heteroatoms. The first-order chi connectivity index (χ1) is 10.2. The monoisotopic (exact) mass is 298 g/mol. The second kappa shape index (κ2) is 5.84. The van der Waals surface area contributed by atoms with Gasteiger partial charge in [0, 0.05) is 12.3 Å². The Labute approximate surface area is 131 Å². The molecule has 22 heavy (non-hydrogen) atoms. The molecule has 0 unspecified atom stereocenters. The predicted molar refractivity (Wildman–Crippen MR) is 87.5 cm³/mol. The zero-order chi connectivity index (χ0) is 16.5. The summed E-state index contributed by atoms with van der Waals surface area (Å²) in [5.74, 6) is 0.583. The van der Waals surface area contributed by atoms with Gasteiger partial charge in [0.05, 0.1) is 0 Å². The average Bonchev–Trinajstić information content (AvgIpc) is 2.43. The summed E-state index contributed by atoms with van der Waals surface area (Å²) in [5.41, 5.74) is 3.83. The molecular weight excluding hydrogens is 276 g/mol. The van der Waals surface area contributed by atoms with Gasteiger partial charge in [-0.15, -0.1) is 0 Å². The molecule has 0 spiro atoms. The number of esters is 1. The van der Waals surface area contributed by atoms with Crippen LogP contribution in [0, 0.1) is 13.8 Å². The van der Waals surface area contributed by atoms with E-state index in [4.69, 9.17) is 4.74 Å². The normalized spacial score (nSPS) is 11.3. The van der Waals surface area contributed by atoms with Gasteiger partial charge in [-0.25, -0.2) is 0 Å². The van der Waals surface area contributed by atoms with Gasteiger partial charge in [-0.1, -0.05) is 38.1 Å². The van der Waals surface area contributed by atoms with Crippen LogP contribution in [0.2, 0.25) is 0 Å². The SMILES string of the molecule is CC(=O)Oc1ccc(C(C)(C)c2ccc(O)c(C)c2)cc1C. The van der Waals surface area contributed by atoms with Gasteiger partial charge in [0.1, 0.15) is 11.5 Å². The molecule has 0 saturated heterocycles. The van der Waals surface area contributed by atoms with Crippen molar-refractivity contribution in [1.29, 1.82) is 0 Å². The molecule has 0 aliphatic rings. The third-order valence-corrected chi connectivity index (χ3v) is 4.07. The van der Waals surface area contributed by atoms with Gasteiger partial charge in [-0.3, -0.25) is 4.79 Å². The van der Waals surface area contributed by atoms with Crippen LogP contribution in [0.3, 0.4) is 0 Å². The second-order valence-corrected chi connectivity index (χ2v) is 6.20. The van der Waals surface area contributed by atoms with Crippen LogP contribution in [0.4, 0.5) is 0 Å². The fraction of sp³-hybridized carbons (Fsp3) is 0.316. The van der Waals surface area contributed by atoms with Crippen molar-refractivity contribution in [2.75, 3.05) is 0 Å². The first-order valence-electron chi connectivity index (χ1n) is 7.31. The van der Waals surface area contributed by atoms with Crippen LogP contribution in [0.25, 0.3) is 0 Å². The van der Waals surface area contributed by atoms with Crippen molar-refractivity contribution in [2.45, 2.75) is 40.0 Å². The van der Waals surface area contributed by atoms with Gasteiger partial charge >= 0.3 is 5.97 Å². The van der Waals surface area contributed by atoms with E-state index in [2.05, 4.69) is 13.8 Å². The Balaban J connectivity index is 2.42. The summed E-state index contributed by atoms with van der Waals surface area (Å²) in [5, 5.41) is 9.70. The Morgan fingerprint density at radius 1 is 1.00 bits per heavy atom. The van der Waals surface area contributed by atoms with E-state index in [0.29, 0.717) is 11.5 Å². The minimum atomic E-state index is -0.315. The molecule has 0 radical (unpaired) electrons. The zero-order valence-electron chi connectivity index (χ0n) is 13.7. The molecule has 0 aromatic heterocycles. The highest BCUT2D eigenvalue weighted by molar-refractivity contribution is 5.69. The van der Waals surface area contributed by atoms with Gasteiger partial charge in [0.25, 0.3) is 0 Å².